The molecule has 1 aromatic heterocycles. The summed E-state index contributed by atoms with van der Waals surface area (Å²) in [6.07, 6.45) is 1.84. The molecular formula is C13H11N5O. The zero-order valence-corrected chi connectivity index (χ0v) is 10.00. The van der Waals surface area contributed by atoms with Crippen LogP contribution in [0.3, 0.4) is 0 Å². The van der Waals surface area contributed by atoms with Gasteiger partial charge in [-0.1, -0.05) is 36.9 Å². The van der Waals surface area contributed by atoms with E-state index in [1.165, 1.54) is 0 Å². The predicted molar refractivity (Wildman–Crippen MR) is 71.1 cm³/mol. The van der Waals surface area contributed by atoms with E-state index in [9.17, 15) is 4.79 Å². The third-order valence-corrected chi connectivity index (χ3v) is 2.71. The highest BCUT2D eigenvalue weighted by molar-refractivity contribution is 5.89. The van der Waals surface area contributed by atoms with Crippen LogP contribution in [0.25, 0.3) is 5.70 Å². The van der Waals surface area contributed by atoms with Crippen LogP contribution in [0.1, 0.15) is 16.2 Å². The maximum absolute atomic E-state index is 11.2. The zero-order chi connectivity index (χ0) is 13.4. The molecule has 94 valence electrons. The van der Waals surface area contributed by atoms with E-state index in [4.69, 9.17) is 5.73 Å². The number of fused-ring (bicyclic) bond motifs is 1. The van der Waals surface area contributed by atoms with Crippen molar-refractivity contribution >= 4 is 17.6 Å². The van der Waals surface area contributed by atoms with E-state index >= 15 is 0 Å². The maximum Gasteiger partial charge on any atom is 0.288 e. The maximum atomic E-state index is 11.2. The summed E-state index contributed by atoms with van der Waals surface area (Å²) in [5.74, 6) is -0.263. The van der Waals surface area contributed by atoms with Gasteiger partial charge in [-0.3, -0.25) is 4.79 Å². The van der Waals surface area contributed by atoms with Crippen molar-refractivity contribution < 1.29 is 4.79 Å². The first-order chi connectivity index (χ1) is 9.15. The van der Waals surface area contributed by atoms with Gasteiger partial charge in [0.1, 0.15) is 0 Å². The summed E-state index contributed by atoms with van der Waals surface area (Å²) in [4.78, 5) is 15.2. The summed E-state index contributed by atoms with van der Waals surface area (Å²) in [7, 11) is 0. The van der Waals surface area contributed by atoms with E-state index in [0.717, 1.165) is 11.3 Å². The fourth-order valence-corrected chi connectivity index (χ4v) is 1.89. The van der Waals surface area contributed by atoms with Gasteiger partial charge in [-0.15, -0.1) is 5.10 Å². The molecule has 0 unspecified atom stereocenters. The number of amides is 1. The number of rotatable bonds is 2. The van der Waals surface area contributed by atoms with Gasteiger partial charge in [0, 0.05) is 11.3 Å². The van der Waals surface area contributed by atoms with Crippen LogP contribution in [0.2, 0.25) is 0 Å². The molecule has 0 spiro atoms. The lowest BCUT2D eigenvalue weighted by atomic mass is 10.1. The lowest BCUT2D eigenvalue weighted by molar-refractivity contribution is 0.0990. The van der Waals surface area contributed by atoms with Crippen LogP contribution in [0.4, 0.5) is 5.95 Å². The van der Waals surface area contributed by atoms with Crippen molar-refractivity contribution in [3.8, 4) is 0 Å². The highest BCUT2D eigenvalue weighted by Crippen LogP contribution is 2.26. The monoisotopic (exact) mass is 253 g/mol. The minimum absolute atomic E-state index is 0.0287. The second-order valence-electron chi connectivity index (χ2n) is 4.08. The topological polar surface area (TPSA) is 85.8 Å². The predicted octanol–water partition coefficient (Wildman–Crippen LogP) is 1.21. The molecule has 0 atom stereocenters. The number of carbonyl (C=O) groups is 1. The van der Waals surface area contributed by atoms with Gasteiger partial charge in [0.15, 0.2) is 0 Å². The number of carbonyl (C=O) groups excluding carboxylic acids is 1. The molecule has 0 aliphatic carbocycles. The van der Waals surface area contributed by atoms with Crippen molar-refractivity contribution in [3.05, 3.63) is 60.1 Å². The average molecular weight is 253 g/mol. The Morgan fingerprint density at radius 2 is 2.05 bits per heavy atom. The first-order valence-corrected chi connectivity index (χ1v) is 5.65. The molecule has 2 aromatic rings. The first kappa shape index (κ1) is 11.2. The molecule has 3 rings (SSSR count). The van der Waals surface area contributed by atoms with Crippen molar-refractivity contribution in [2.45, 2.75) is 0 Å². The normalized spacial score (nSPS) is 13.5. The molecule has 3 N–H and O–H groups in total. The molecule has 0 fully saturated rings. The van der Waals surface area contributed by atoms with Gasteiger partial charge in [0.05, 0.1) is 5.70 Å². The molecule has 1 amide bonds. The third kappa shape index (κ3) is 1.89. The lowest BCUT2D eigenvalue weighted by Gasteiger charge is -2.17. The fraction of sp³-hybridized carbons (Fsp3) is 0. The van der Waals surface area contributed by atoms with E-state index < -0.39 is 5.91 Å². The number of hydrogen-bond acceptors (Lipinski definition) is 4. The average Bonchev–Trinajstić information content (AvgIpc) is 2.82. The number of nitrogens with one attached hydrogen (secondary N) is 1. The number of allylic oxidation sites excluding steroid dienone is 1. The highest BCUT2D eigenvalue weighted by Gasteiger charge is 2.21. The van der Waals surface area contributed by atoms with E-state index in [0.29, 0.717) is 11.6 Å². The Morgan fingerprint density at radius 3 is 2.74 bits per heavy atom. The number of hydrogen-bond donors (Lipinski definition) is 2. The number of benzene rings is 1. The molecule has 0 radical (unpaired) electrons. The largest absolute Gasteiger partial charge is 0.363 e. The van der Waals surface area contributed by atoms with Gasteiger partial charge in [-0.2, -0.15) is 9.67 Å². The number of anilines is 1. The smallest absolute Gasteiger partial charge is 0.288 e. The van der Waals surface area contributed by atoms with Crippen LogP contribution >= 0.6 is 0 Å². The fourth-order valence-electron chi connectivity index (χ4n) is 1.89. The molecule has 6 nitrogen and oxygen atoms in total. The molecule has 1 aliphatic rings. The van der Waals surface area contributed by atoms with Crippen molar-refractivity contribution in [2.24, 2.45) is 5.73 Å². The van der Waals surface area contributed by atoms with Crippen molar-refractivity contribution in [3.63, 3.8) is 0 Å². The van der Waals surface area contributed by atoms with Crippen molar-refractivity contribution in [1.82, 2.24) is 14.8 Å². The Bertz CT molecular complexity index is 699. The van der Waals surface area contributed by atoms with Gasteiger partial charge in [-0.05, 0) is 6.08 Å². The van der Waals surface area contributed by atoms with Gasteiger partial charge >= 0.3 is 0 Å². The Hall–Kier alpha value is -2.89. The van der Waals surface area contributed by atoms with Gasteiger partial charge in [-0.25, -0.2) is 0 Å². The van der Waals surface area contributed by atoms with Crippen LogP contribution in [-0.2, 0) is 0 Å². The first-order valence-electron chi connectivity index (χ1n) is 5.65. The quantitative estimate of drug-likeness (QED) is 0.842. The van der Waals surface area contributed by atoms with Crippen LogP contribution < -0.4 is 11.1 Å². The zero-order valence-electron chi connectivity index (χ0n) is 10.00. The SMILES string of the molecule is C=C1C=C(c2ccccc2)n2nc(C(N)=O)nc2N1. The van der Waals surface area contributed by atoms with E-state index in [1.54, 1.807) is 4.68 Å². The van der Waals surface area contributed by atoms with Gasteiger partial charge in [0.2, 0.25) is 11.8 Å². The standard InChI is InChI=1S/C13H11N5O/c1-8-7-10(9-5-3-2-4-6-9)18-13(15-8)16-12(17-18)11(14)19/h2-7H,1H2,(H2,14,19)(H,15,16,17). The minimum Gasteiger partial charge on any atom is -0.363 e. The van der Waals surface area contributed by atoms with Crippen LogP contribution in [0.5, 0.6) is 0 Å². The van der Waals surface area contributed by atoms with E-state index in [1.807, 2.05) is 36.4 Å². The Labute approximate surface area is 109 Å². The summed E-state index contributed by atoms with van der Waals surface area (Å²) in [5, 5.41) is 7.05. The van der Waals surface area contributed by atoms with Crippen LogP contribution in [0.15, 0.2) is 48.7 Å². The molecule has 0 saturated heterocycles. The lowest BCUT2D eigenvalue weighted by Crippen LogP contribution is -2.14. The second-order valence-corrected chi connectivity index (χ2v) is 4.08. The van der Waals surface area contributed by atoms with Gasteiger partial charge < -0.3 is 11.1 Å². The summed E-state index contributed by atoms with van der Waals surface area (Å²) in [6.45, 7) is 3.86. The number of nitrogens with two attached hydrogens (primary N) is 1. The summed E-state index contributed by atoms with van der Waals surface area (Å²) in [6, 6.07) is 9.66. The van der Waals surface area contributed by atoms with E-state index in [2.05, 4.69) is 22.0 Å². The summed E-state index contributed by atoms with van der Waals surface area (Å²) < 4.78 is 1.55. The van der Waals surface area contributed by atoms with Crippen molar-refractivity contribution in [2.75, 3.05) is 5.32 Å². The third-order valence-electron chi connectivity index (χ3n) is 2.71. The van der Waals surface area contributed by atoms with Crippen LogP contribution in [-0.4, -0.2) is 20.7 Å². The number of nitrogens with zero attached hydrogens (tertiary/aromatic N) is 3. The molecular weight excluding hydrogens is 242 g/mol. The molecule has 19 heavy (non-hydrogen) atoms. The Kier molecular flexibility index (Phi) is 2.42. The molecule has 1 aliphatic heterocycles. The highest BCUT2D eigenvalue weighted by atomic mass is 16.1. The molecule has 1 aromatic carbocycles. The Morgan fingerprint density at radius 1 is 1.32 bits per heavy atom. The summed E-state index contributed by atoms with van der Waals surface area (Å²) >= 11 is 0. The molecule has 0 bridgehead atoms. The second kappa shape index (κ2) is 4.09. The van der Waals surface area contributed by atoms with Crippen LogP contribution in [0, 0.1) is 0 Å². The molecule has 6 heteroatoms. The summed E-state index contributed by atoms with van der Waals surface area (Å²) in [5.41, 5.74) is 7.62. The molecule has 0 saturated carbocycles. The van der Waals surface area contributed by atoms with E-state index in [-0.39, 0.29) is 5.82 Å². The number of primary amides is 1. The minimum atomic E-state index is -0.665. The Balaban J connectivity index is 2.16. The molecule has 2 heterocycles. The van der Waals surface area contributed by atoms with Gasteiger partial charge in [0.25, 0.3) is 5.91 Å². The number of aromatic nitrogens is 3. The van der Waals surface area contributed by atoms with Crippen molar-refractivity contribution in [1.29, 1.82) is 0 Å².